The SMILES string of the molecule is Cc1[c]ccc(Br)c1F. The molecule has 0 aliphatic rings. The van der Waals surface area contributed by atoms with Gasteiger partial charge < -0.3 is 0 Å². The van der Waals surface area contributed by atoms with E-state index in [0.717, 1.165) is 0 Å². The summed E-state index contributed by atoms with van der Waals surface area (Å²) in [7, 11) is 0. The molecule has 0 saturated carbocycles. The van der Waals surface area contributed by atoms with Gasteiger partial charge in [0.2, 0.25) is 0 Å². The summed E-state index contributed by atoms with van der Waals surface area (Å²) in [6, 6.07) is 6.05. The van der Waals surface area contributed by atoms with Crippen molar-refractivity contribution < 1.29 is 4.39 Å². The molecule has 0 fully saturated rings. The van der Waals surface area contributed by atoms with Crippen LogP contribution >= 0.6 is 15.9 Å². The van der Waals surface area contributed by atoms with Gasteiger partial charge in [-0.2, -0.15) is 0 Å². The zero-order chi connectivity index (χ0) is 6.85. The molecule has 9 heavy (non-hydrogen) atoms. The molecular formula is C7H5BrF. The van der Waals surface area contributed by atoms with E-state index in [1.54, 1.807) is 19.1 Å². The average Bonchev–Trinajstić information content (AvgIpc) is 1.83. The second-order valence-electron chi connectivity index (χ2n) is 1.76. The minimum Gasteiger partial charge on any atom is -0.205 e. The van der Waals surface area contributed by atoms with E-state index < -0.39 is 0 Å². The van der Waals surface area contributed by atoms with Crippen LogP contribution < -0.4 is 0 Å². The van der Waals surface area contributed by atoms with Crippen molar-refractivity contribution in [1.29, 1.82) is 0 Å². The van der Waals surface area contributed by atoms with Crippen LogP contribution in [0, 0.1) is 18.8 Å². The first kappa shape index (κ1) is 6.75. The quantitative estimate of drug-likeness (QED) is 0.587. The van der Waals surface area contributed by atoms with Gasteiger partial charge in [0.1, 0.15) is 5.82 Å². The molecule has 2 heteroatoms. The van der Waals surface area contributed by atoms with Crippen LogP contribution in [0.15, 0.2) is 16.6 Å². The molecule has 0 atom stereocenters. The number of hydrogen-bond acceptors (Lipinski definition) is 0. The summed E-state index contributed by atoms with van der Waals surface area (Å²) in [5, 5.41) is 0. The number of halogens is 2. The Balaban J connectivity index is 3.25. The maximum atomic E-state index is 12.7. The van der Waals surface area contributed by atoms with Gasteiger partial charge in [0.05, 0.1) is 4.47 Å². The Hall–Kier alpha value is -0.370. The monoisotopic (exact) mass is 187 g/mol. The van der Waals surface area contributed by atoms with E-state index in [4.69, 9.17) is 0 Å². The van der Waals surface area contributed by atoms with Crippen molar-refractivity contribution in [2.24, 2.45) is 0 Å². The molecule has 0 amide bonds. The zero-order valence-corrected chi connectivity index (χ0v) is 6.50. The van der Waals surface area contributed by atoms with Gasteiger partial charge in [-0.1, -0.05) is 6.07 Å². The predicted molar refractivity (Wildman–Crippen MR) is 37.7 cm³/mol. The Bertz CT molecular complexity index is 200. The van der Waals surface area contributed by atoms with Crippen LogP contribution in [0.3, 0.4) is 0 Å². The molecule has 47 valence electrons. The van der Waals surface area contributed by atoms with E-state index in [1.807, 2.05) is 0 Å². The van der Waals surface area contributed by atoms with Crippen molar-refractivity contribution in [3.05, 3.63) is 34.1 Å². The lowest BCUT2D eigenvalue weighted by atomic mass is 10.2. The highest BCUT2D eigenvalue weighted by atomic mass is 79.9. The normalized spacial score (nSPS) is 9.67. The molecule has 0 nitrogen and oxygen atoms in total. The molecule has 1 radical (unpaired) electrons. The first-order valence-corrected chi connectivity index (χ1v) is 3.33. The van der Waals surface area contributed by atoms with Crippen LogP contribution in [0.2, 0.25) is 0 Å². The van der Waals surface area contributed by atoms with Gasteiger partial charge in [0.15, 0.2) is 0 Å². The molecule has 0 heterocycles. The summed E-state index contributed by atoms with van der Waals surface area (Å²) in [4.78, 5) is 0. The Morgan fingerprint density at radius 2 is 2.33 bits per heavy atom. The second kappa shape index (κ2) is 2.48. The molecule has 1 aromatic carbocycles. The third-order valence-electron chi connectivity index (χ3n) is 1.07. The molecule has 1 aromatic rings. The van der Waals surface area contributed by atoms with Crippen molar-refractivity contribution in [2.45, 2.75) is 6.92 Å². The average molecular weight is 188 g/mol. The van der Waals surface area contributed by atoms with Gasteiger partial charge in [0, 0.05) is 0 Å². The standard InChI is InChI=1S/C7H5BrF/c1-5-3-2-4-6(8)7(5)9/h2,4H,1H3. The van der Waals surface area contributed by atoms with Crippen LogP contribution in [0.5, 0.6) is 0 Å². The highest BCUT2D eigenvalue weighted by Gasteiger charge is 1.98. The van der Waals surface area contributed by atoms with Gasteiger partial charge in [-0.3, -0.25) is 0 Å². The van der Waals surface area contributed by atoms with Crippen LogP contribution in [0.25, 0.3) is 0 Å². The second-order valence-corrected chi connectivity index (χ2v) is 2.62. The maximum Gasteiger partial charge on any atom is 0.140 e. The molecule has 0 unspecified atom stereocenters. The molecule has 0 aliphatic heterocycles. The van der Waals surface area contributed by atoms with Gasteiger partial charge in [-0.25, -0.2) is 4.39 Å². The maximum absolute atomic E-state index is 12.7. The lowest BCUT2D eigenvalue weighted by molar-refractivity contribution is 0.611. The van der Waals surface area contributed by atoms with E-state index in [-0.39, 0.29) is 5.82 Å². The molecule has 0 bridgehead atoms. The van der Waals surface area contributed by atoms with E-state index in [2.05, 4.69) is 22.0 Å². The van der Waals surface area contributed by atoms with Crippen LogP contribution in [-0.2, 0) is 0 Å². The fraction of sp³-hybridized carbons (Fsp3) is 0.143. The highest BCUT2D eigenvalue weighted by Crippen LogP contribution is 2.16. The lowest BCUT2D eigenvalue weighted by Crippen LogP contribution is -1.81. The van der Waals surface area contributed by atoms with Crippen molar-refractivity contribution in [1.82, 2.24) is 0 Å². The minimum absolute atomic E-state index is 0.225. The number of hydrogen-bond donors (Lipinski definition) is 0. The van der Waals surface area contributed by atoms with E-state index >= 15 is 0 Å². The fourth-order valence-corrected chi connectivity index (χ4v) is 0.985. The van der Waals surface area contributed by atoms with Crippen LogP contribution in [0.4, 0.5) is 4.39 Å². The zero-order valence-electron chi connectivity index (χ0n) is 4.91. The number of benzene rings is 1. The Kier molecular flexibility index (Phi) is 1.86. The van der Waals surface area contributed by atoms with Crippen molar-refractivity contribution in [3.8, 4) is 0 Å². The number of aryl methyl sites for hydroxylation is 1. The predicted octanol–water partition coefficient (Wildman–Crippen LogP) is 2.70. The molecule has 1 rings (SSSR count). The Morgan fingerprint density at radius 3 is 2.78 bits per heavy atom. The Labute approximate surface area is 61.8 Å². The van der Waals surface area contributed by atoms with Gasteiger partial charge in [0.25, 0.3) is 0 Å². The van der Waals surface area contributed by atoms with E-state index in [9.17, 15) is 4.39 Å². The Morgan fingerprint density at radius 1 is 1.67 bits per heavy atom. The summed E-state index contributed by atoms with van der Waals surface area (Å²) in [5.74, 6) is -0.225. The van der Waals surface area contributed by atoms with Gasteiger partial charge >= 0.3 is 0 Å². The molecule has 0 saturated heterocycles. The summed E-state index contributed by atoms with van der Waals surface area (Å²) >= 11 is 3.05. The third-order valence-corrected chi connectivity index (χ3v) is 1.68. The molecular weight excluding hydrogens is 183 g/mol. The molecule has 0 spiro atoms. The molecule has 0 N–H and O–H groups in total. The summed E-state index contributed by atoms with van der Waals surface area (Å²) in [5.41, 5.74) is 0.546. The van der Waals surface area contributed by atoms with Crippen LogP contribution in [0.1, 0.15) is 5.56 Å². The third kappa shape index (κ3) is 1.30. The first-order chi connectivity index (χ1) is 4.22. The summed E-state index contributed by atoms with van der Waals surface area (Å²) < 4.78 is 13.2. The summed E-state index contributed by atoms with van der Waals surface area (Å²) in [6.45, 7) is 1.68. The van der Waals surface area contributed by atoms with E-state index in [1.165, 1.54) is 0 Å². The van der Waals surface area contributed by atoms with E-state index in [0.29, 0.717) is 10.0 Å². The molecule has 0 aromatic heterocycles. The largest absolute Gasteiger partial charge is 0.205 e. The summed E-state index contributed by atoms with van der Waals surface area (Å²) in [6.07, 6.45) is 0. The highest BCUT2D eigenvalue weighted by molar-refractivity contribution is 9.10. The fourth-order valence-electron chi connectivity index (χ4n) is 0.555. The smallest absolute Gasteiger partial charge is 0.140 e. The lowest BCUT2D eigenvalue weighted by Gasteiger charge is -1.94. The molecule has 0 aliphatic carbocycles. The van der Waals surface area contributed by atoms with Crippen molar-refractivity contribution in [2.75, 3.05) is 0 Å². The van der Waals surface area contributed by atoms with Gasteiger partial charge in [-0.15, -0.1) is 0 Å². The topological polar surface area (TPSA) is 0 Å². The van der Waals surface area contributed by atoms with Crippen molar-refractivity contribution >= 4 is 15.9 Å². The minimum atomic E-state index is -0.225. The number of rotatable bonds is 0. The van der Waals surface area contributed by atoms with Gasteiger partial charge in [-0.05, 0) is 40.5 Å². The first-order valence-electron chi connectivity index (χ1n) is 2.54. The van der Waals surface area contributed by atoms with Crippen LogP contribution in [-0.4, -0.2) is 0 Å². The van der Waals surface area contributed by atoms with Crippen molar-refractivity contribution in [3.63, 3.8) is 0 Å².